The van der Waals surface area contributed by atoms with Gasteiger partial charge in [0.15, 0.2) is 0 Å². The SMILES string of the molecule is CNCC(C)C(=O)Nc1ccc(OCCN2CCCC2)c(C)c1. The van der Waals surface area contributed by atoms with Gasteiger partial charge < -0.3 is 15.4 Å². The van der Waals surface area contributed by atoms with Crippen LogP contribution in [0.15, 0.2) is 18.2 Å². The van der Waals surface area contributed by atoms with Gasteiger partial charge in [-0.15, -0.1) is 0 Å². The van der Waals surface area contributed by atoms with E-state index in [1.54, 1.807) is 0 Å². The van der Waals surface area contributed by atoms with Gasteiger partial charge in [0.1, 0.15) is 12.4 Å². The molecule has 1 amide bonds. The van der Waals surface area contributed by atoms with Crippen molar-refractivity contribution in [3.05, 3.63) is 23.8 Å². The molecule has 2 N–H and O–H groups in total. The van der Waals surface area contributed by atoms with Crippen molar-refractivity contribution in [2.45, 2.75) is 26.7 Å². The van der Waals surface area contributed by atoms with Crippen molar-refractivity contribution in [3.8, 4) is 5.75 Å². The van der Waals surface area contributed by atoms with Crippen LogP contribution in [0.3, 0.4) is 0 Å². The van der Waals surface area contributed by atoms with Gasteiger partial charge in [0.25, 0.3) is 0 Å². The van der Waals surface area contributed by atoms with Gasteiger partial charge in [0, 0.05) is 24.7 Å². The topological polar surface area (TPSA) is 53.6 Å². The number of nitrogens with one attached hydrogen (secondary N) is 2. The molecule has 1 heterocycles. The van der Waals surface area contributed by atoms with Crippen molar-refractivity contribution >= 4 is 11.6 Å². The minimum Gasteiger partial charge on any atom is -0.492 e. The molecule has 1 unspecified atom stereocenters. The Bertz CT molecular complexity index is 513. The quantitative estimate of drug-likeness (QED) is 0.772. The molecule has 0 spiro atoms. The van der Waals surface area contributed by atoms with Crippen molar-refractivity contribution in [2.75, 3.05) is 45.2 Å². The summed E-state index contributed by atoms with van der Waals surface area (Å²) >= 11 is 0. The highest BCUT2D eigenvalue weighted by molar-refractivity contribution is 5.92. The number of hydrogen-bond acceptors (Lipinski definition) is 4. The first kappa shape index (κ1) is 17.8. The highest BCUT2D eigenvalue weighted by Gasteiger charge is 2.13. The molecule has 5 nitrogen and oxygen atoms in total. The lowest BCUT2D eigenvalue weighted by molar-refractivity contribution is -0.119. The lowest BCUT2D eigenvalue weighted by Crippen LogP contribution is -2.28. The van der Waals surface area contributed by atoms with Crippen LogP contribution in [0.25, 0.3) is 0 Å². The number of ether oxygens (including phenoxy) is 1. The summed E-state index contributed by atoms with van der Waals surface area (Å²) in [6.45, 7) is 8.68. The van der Waals surface area contributed by atoms with Crippen LogP contribution in [-0.4, -0.2) is 50.6 Å². The average Bonchev–Trinajstić information content (AvgIpc) is 3.03. The molecule has 1 fully saturated rings. The molecule has 1 aromatic rings. The molecule has 23 heavy (non-hydrogen) atoms. The van der Waals surface area contributed by atoms with Crippen molar-refractivity contribution in [1.29, 1.82) is 0 Å². The predicted molar refractivity (Wildman–Crippen MR) is 94.1 cm³/mol. The second-order valence-electron chi connectivity index (χ2n) is 6.33. The minimum atomic E-state index is -0.0586. The van der Waals surface area contributed by atoms with Crippen LogP contribution in [0.1, 0.15) is 25.3 Å². The van der Waals surface area contributed by atoms with E-state index >= 15 is 0 Å². The van der Waals surface area contributed by atoms with Crippen LogP contribution in [0, 0.1) is 12.8 Å². The van der Waals surface area contributed by atoms with E-state index in [4.69, 9.17) is 4.74 Å². The maximum absolute atomic E-state index is 12.0. The summed E-state index contributed by atoms with van der Waals surface area (Å²) in [7, 11) is 1.85. The fraction of sp³-hybridized carbons (Fsp3) is 0.611. The summed E-state index contributed by atoms with van der Waals surface area (Å²) in [6, 6.07) is 5.81. The number of nitrogens with zero attached hydrogens (tertiary/aromatic N) is 1. The summed E-state index contributed by atoms with van der Waals surface area (Å²) in [5.41, 5.74) is 1.87. The molecule has 1 aliphatic rings. The van der Waals surface area contributed by atoms with Crippen LogP contribution in [0.2, 0.25) is 0 Å². The first-order chi connectivity index (χ1) is 11.1. The highest BCUT2D eigenvalue weighted by atomic mass is 16.5. The van der Waals surface area contributed by atoms with Crippen LogP contribution < -0.4 is 15.4 Å². The molecule has 1 aliphatic heterocycles. The molecule has 1 atom stereocenters. The number of hydrogen-bond donors (Lipinski definition) is 2. The van der Waals surface area contributed by atoms with Crippen molar-refractivity contribution in [1.82, 2.24) is 10.2 Å². The van der Waals surface area contributed by atoms with Crippen LogP contribution in [0.5, 0.6) is 5.75 Å². The normalized spacial score (nSPS) is 16.3. The molecule has 5 heteroatoms. The maximum Gasteiger partial charge on any atom is 0.228 e. The summed E-state index contributed by atoms with van der Waals surface area (Å²) < 4.78 is 5.88. The van der Waals surface area contributed by atoms with Gasteiger partial charge in [-0.1, -0.05) is 6.92 Å². The Labute approximate surface area is 139 Å². The second kappa shape index (κ2) is 8.89. The lowest BCUT2D eigenvalue weighted by atomic mass is 10.1. The molecule has 0 aliphatic carbocycles. The van der Waals surface area contributed by atoms with E-state index in [1.165, 1.54) is 25.9 Å². The molecule has 0 radical (unpaired) electrons. The van der Waals surface area contributed by atoms with E-state index in [9.17, 15) is 4.79 Å². The molecule has 0 aromatic heterocycles. The number of carbonyl (C=O) groups excluding carboxylic acids is 1. The molecule has 0 bridgehead atoms. The Morgan fingerprint density at radius 3 is 2.74 bits per heavy atom. The summed E-state index contributed by atoms with van der Waals surface area (Å²) in [4.78, 5) is 14.5. The van der Waals surface area contributed by atoms with Gasteiger partial charge in [-0.2, -0.15) is 0 Å². The summed E-state index contributed by atoms with van der Waals surface area (Å²) in [5, 5.41) is 5.97. The lowest BCUT2D eigenvalue weighted by Gasteiger charge is -2.17. The Balaban J connectivity index is 1.83. The fourth-order valence-corrected chi connectivity index (χ4v) is 2.84. The third-order valence-electron chi connectivity index (χ3n) is 4.26. The van der Waals surface area contributed by atoms with Gasteiger partial charge in [0.05, 0.1) is 0 Å². The number of amides is 1. The van der Waals surface area contributed by atoms with Gasteiger partial charge in [0.2, 0.25) is 5.91 Å². The monoisotopic (exact) mass is 319 g/mol. The standard InChI is InChI=1S/C18H29N3O2/c1-14-12-16(20-18(22)15(2)13-19-3)6-7-17(14)23-11-10-21-8-4-5-9-21/h6-7,12,15,19H,4-5,8-11,13H2,1-3H3,(H,20,22). The molecule has 1 saturated heterocycles. The largest absolute Gasteiger partial charge is 0.492 e. The summed E-state index contributed by atoms with van der Waals surface area (Å²) in [5.74, 6) is 0.864. The molecule has 128 valence electrons. The van der Waals surface area contributed by atoms with Crippen LogP contribution in [-0.2, 0) is 4.79 Å². The second-order valence-corrected chi connectivity index (χ2v) is 6.33. The Kier molecular flexibility index (Phi) is 6.86. The van der Waals surface area contributed by atoms with E-state index < -0.39 is 0 Å². The van der Waals surface area contributed by atoms with E-state index in [-0.39, 0.29) is 11.8 Å². The zero-order valence-corrected chi connectivity index (χ0v) is 14.5. The number of aryl methyl sites for hydroxylation is 1. The Hall–Kier alpha value is -1.59. The zero-order valence-electron chi connectivity index (χ0n) is 14.5. The van der Waals surface area contributed by atoms with Gasteiger partial charge >= 0.3 is 0 Å². The number of carbonyl (C=O) groups is 1. The van der Waals surface area contributed by atoms with Crippen LogP contribution in [0.4, 0.5) is 5.69 Å². The van der Waals surface area contributed by atoms with E-state index in [0.29, 0.717) is 13.2 Å². The van der Waals surface area contributed by atoms with Crippen molar-refractivity contribution in [3.63, 3.8) is 0 Å². The number of likely N-dealkylation sites (tertiary alicyclic amines) is 1. The number of rotatable bonds is 8. The zero-order chi connectivity index (χ0) is 16.7. The van der Waals surface area contributed by atoms with Crippen molar-refractivity contribution in [2.24, 2.45) is 5.92 Å². The summed E-state index contributed by atoms with van der Waals surface area (Å²) in [6.07, 6.45) is 2.61. The fourth-order valence-electron chi connectivity index (χ4n) is 2.84. The molecular formula is C18H29N3O2. The third-order valence-corrected chi connectivity index (χ3v) is 4.26. The first-order valence-electron chi connectivity index (χ1n) is 8.51. The van der Waals surface area contributed by atoms with Gasteiger partial charge in [-0.3, -0.25) is 9.69 Å². The number of anilines is 1. The van der Waals surface area contributed by atoms with E-state index in [1.807, 2.05) is 39.1 Å². The maximum atomic E-state index is 12.0. The molecule has 0 saturated carbocycles. The smallest absolute Gasteiger partial charge is 0.228 e. The van der Waals surface area contributed by atoms with Gasteiger partial charge in [-0.25, -0.2) is 0 Å². The predicted octanol–water partition coefficient (Wildman–Crippen LogP) is 2.26. The molecular weight excluding hydrogens is 290 g/mol. The Morgan fingerprint density at radius 1 is 1.35 bits per heavy atom. The number of benzene rings is 1. The molecule has 2 rings (SSSR count). The molecule has 1 aromatic carbocycles. The average molecular weight is 319 g/mol. The minimum absolute atomic E-state index is 0.0291. The van der Waals surface area contributed by atoms with Crippen molar-refractivity contribution < 1.29 is 9.53 Å². The van der Waals surface area contributed by atoms with E-state index in [0.717, 1.165) is 23.5 Å². The Morgan fingerprint density at radius 2 is 2.09 bits per heavy atom. The third kappa shape index (κ3) is 5.52. The van der Waals surface area contributed by atoms with Crippen LogP contribution >= 0.6 is 0 Å². The first-order valence-corrected chi connectivity index (χ1v) is 8.51. The van der Waals surface area contributed by atoms with E-state index in [2.05, 4.69) is 15.5 Å². The van der Waals surface area contributed by atoms with Gasteiger partial charge in [-0.05, 0) is 63.7 Å². The highest BCUT2D eigenvalue weighted by Crippen LogP contribution is 2.22.